The Morgan fingerprint density at radius 1 is 1.40 bits per heavy atom. The van der Waals surface area contributed by atoms with Crippen LogP contribution < -0.4 is 0 Å². The number of allylic oxidation sites excluding steroid dienone is 2. The largest absolute Gasteiger partial charge is 0.0850 e. The van der Waals surface area contributed by atoms with E-state index >= 15 is 0 Å². The van der Waals surface area contributed by atoms with Crippen LogP contribution in [0.2, 0.25) is 0 Å². The first-order chi connectivity index (χ1) is 7.05. The minimum absolute atomic E-state index is 0.703. The van der Waals surface area contributed by atoms with Gasteiger partial charge in [0.1, 0.15) is 0 Å². The van der Waals surface area contributed by atoms with Crippen molar-refractivity contribution < 1.29 is 0 Å². The van der Waals surface area contributed by atoms with Crippen LogP contribution in [0.3, 0.4) is 0 Å². The van der Waals surface area contributed by atoms with E-state index in [0.717, 1.165) is 29.6 Å². The van der Waals surface area contributed by atoms with Gasteiger partial charge in [0.05, 0.1) is 0 Å². The van der Waals surface area contributed by atoms with Crippen molar-refractivity contribution in [3.63, 3.8) is 0 Å². The van der Waals surface area contributed by atoms with Crippen LogP contribution in [0.1, 0.15) is 47.0 Å². The molecule has 15 heavy (non-hydrogen) atoms. The fourth-order valence-corrected chi connectivity index (χ4v) is 5.25. The van der Waals surface area contributed by atoms with Crippen molar-refractivity contribution in [1.29, 1.82) is 0 Å². The fraction of sp³-hybridized carbons (Fsp3) is 0.867. The summed E-state index contributed by atoms with van der Waals surface area (Å²) in [5, 5.41) is 0. The van der Waals surface area contributed by atoms with Crippen LogP contribution in [0.4, 0.5) is 0 Å². The molecule has 0 amide bonds. The lowest BCUT2D eigenvalue weighted by atomic mass is 9.34. The van der Waals surface area contributed by atoms with E-state index in [9.17, 15) is 0 Å². The van der Waals surface area contributed by atoms with Crippen molar-refractivity contribution in [2.24, 2.45) is 35.0 Å². The molecule has 0 aliphatic heterocycles. The lowest BCUT2D eigenvalue weighted by Gasteiger charge is -2.70. The normalized spacial score (nSPS) is 52.5. The third-order valence-electron chi connectivity index (χ3n) is 5.96. The molecule has 2 fully saturated rings. The van der Waals surface area contributed by atoms with Gasteiger partial charge in [0.15, 0.2) is 0 Å². The van der Waals surface area contributed by atoms with Gasteiger partial charge in [-0.2, -0.15) is 0 Å². The number of rotatable bonds is 1. The van der Waals surface area contributed by atoms with E-state index in [0.29, 0.717) is 5.41 Å². The first-order valence-corrected chi connectivity index (χ1v) is 6.72. The molecule has 5 atom stereocenters. The summed E-state index contributed by atoms with van der Waals surface area (Å²) < 4.78 is 0. The van der Waals surface area contributed by atoms with Crippen molar-refractivity contribution in [3.05, 3.63) is 11.6 Å². The van der Waals surface area contributed by atoms with Gasteiger partial charge in [-0.05, 0) is 61.2 Å². The number of hydrogen-bond donors (Lipinski definition) is 0. The summed E-state index contributed by atoms with van der Waals surface area (Å²) in [5.74, 6) is 4.96. The summed E-state index contributed by atoms with van der Waals surface area (Å²) in [6.45, 7) is 9.81. The van der Waals surface area contributed by atoms with Crippen molar-refractivity contribution in [2.75, 3.05) is 0 Å². The van der Waals surface area contributed by atoms with Crippen LogP contribution in [-0.4, -0.2) is 0 Å². The highest BCUT2D eigenvalue weighted by Crippen LogP contribution is 2.71. The van der Waals surface area contributed by atoms with Crippen LogP contribution in [0.25, 0.3) is 0 Å². The Hall–Kier alpha value is -0.260. The van der Waals surface area contributed by atoms with Gasteiger partial charge in [-0.25, -0.2) is 0 Å². The molecule has 0 radical (unpaired) electrons. The van der Waals surface area contributed by atoms with Gasteiger partial charge in [-0.3, -0.25) is 0 Å². The first kappa shape index (κ1) is 9.93. The molecule has 2 saturated carbocycles. The Balaban J connectivity index is 1.95. The molecule has 2 unspecified atom stereocenters. The van der Waals surface area contributed by atoms with E-state index < -0.39 is 0 Å². The number of hydrogen-bond acceptors (Lipinski definition) is 0. The average molecular weight is 204 g/mol. The third kappa shape index (κ3) is 1.04. The lowest BCUT2D eigenvalue weighted by Crippen LogP contribution is -2.63. The molecule has 0 nitrogen and oxygen atoms in total. The van der Waals surface area contributed by atoms with Gasteiger partial charge in [0.2, 0.25) is 0 Å². The highest BCUT2D eigenvalue weighted by atomic mass is 14.7. The second kappa shape index (κ2) is 2.90. The molecule has 0 spiro atoms. The monoisotopic (exact) mass is 204 g/mol. The van der Waals surface area contributed by atoms with E-state index in [1.165, 1.54) is 19.3 Å². The van der Waals surface area contributed by atoms with Gasteiger partial charge in [-0.1, -0.05) is 32.4 Å². The quantitative estimate of drug-likeness (QED) is 0.559. The van der Waals surface area contributed by atoms with Crippen molar-refractivity contribution >= 4 is 0 Å². The van der Waals surface area contributed by atoms with Gasteiger partial charge in [0.25, 0.3) is 0 Å². The molecule has 0 aromatic heterocycles. The van der Waals surface area contributed by atoms with Gasteiger partial charge in [-0.15, -0.1) is 0 Å². The molecular formula is C15H24. The van der Waals surface area contributed by atoms with Gasteiger partial charge >= 0.3 is 0 Å². The molecule has 4 aliphatic carbocycles. The lowest BCUT2D eigenvalue weighted by molar-refractivity contribution is -0.181. The Kier molecular flexibility index (Phi) is 1.92. The Labute approximate surface area is 94.1 Å². The van der Waals surface area contributed by atoms with E-state index in [2.05, 4.69) is 33.8 Å². The van der Waals surface area contributed by atoms with Crippen molar-refractivity contribution in [1.82, 2.24) is 0 Å². The molecule has 4 aliphatic rings. The van der Waals surface area contributed by atoms with Crippen LogP contribution in [0.5, 0.6) is 0 Å². The Morgan fingerprint density at radius 2 is 2.13 bits per heavy atom. The highest BCUT2D eigenvalue weighted by Gasteiger charge is 2.64. The summed E-state index contributed by atoms with van der Waals surface area (Å²) in [4.78, 5) is 0. The highest BCUT2D eigenvalue weighted by molar-refractivity contribution is 5.28. The zero-order valence-electron chi connectivity index (χ0n) is 10.6. The molecule has 0 heterocycles. The maximum absolute atomic E-state index is 2.56. The summed E-state index contributed by atoms with van der Waals surface area (Å²) in [6, 6.07) is 0. The second-order valence-electron chi connectivity index (χ2n) is 6.80. The Morgan fingerprint density at radius 3 is 2.73 bits per heavy atom. The third-order valence-corrected chi connectivity index (χ3v) is 5.96. The molecule has 0 saturated heterocycles. The molecule has 0 N–H and O–H groups in total. The van der Waals surface area contributed by atoms with Gasteiger partial charge < -0.3 is 0 Å². The summed E-state index contributed by atoms with van der Waals surface area (Å²) in [5.41, 5.74) is 2.42. The smallest absolute Gasteiger partial charge is 0.0115 e. The minimum atomic E-state index is 0.703. The topological polar surface area (TPSA) is 0 Å². The van der Waals surface area contributed by atoms with E-state index in [1.807, 2.05) is 0 Å². The predicted molar refractivity (Wildman–Crippen MR) is 64.5 cm³/mol. The molecular weight excluding hydrogens is 180 g/mol. The molecule has 84 valence electrons. The molecule has 0 aromatic carbocycles. The van der Waals surface area contributed by atoms with Crippen LogP contribution in [0, 0.1) is 35.0 Å². The first-order valence-electron chi connectivity index (χ1n) is 6.72. The van der Waals surface area contributed by atoms with Crippen LogP contribution in [-0.2, 0) is 0 Å². The molecule has 0 heteroatoms. The number of fused-ring (bicyclic) bond motifs is 1. The summed E-state index contributed by atoms with van der Waals surface area (Å²) >= 11 is 0. The van der Waals surface area contributed by atoms with Gasteiger partial charge in [0, 0.05) is 0 Å². The maximum atomic E-state index is 2.56. The minimum Gasteiger partial charge on any atom is -0.0850 e. The predicted octanol–water partition coefficient (Wildman–Crippen LogP) is 4.27. The van der Waals surface area contributed by atoms with Crippen LogP contribution in [0.15, 0.2) is 11.6 Å². The summed E-state index contributed by atoms with van der Waals surface area (Å²) in [7, 11) is 0. The molecule has 4 rings (SSSR count). The molecule has 0 aromatic rings. The average Bonchev–Trinajstić information content (AvgIpc) is 2.17. The van der Waals surface area contributed by atoms with E-state index in [-0.39, 0.29) is 0 Å². The van der Waals surface area contributed by atoms with Crippen molar-refractivity contribution in [3.8, 4) is 0 Å². The maximum Gasteiger partial charge on any atom is -0.0115 e. The zero-order valence-corrected chi connectivity index (χ0v) is 10.6. The standard InChI is InChI=1S/C15H24/c1-9(2)11-7-8-15(4)12-6-5-10(3)14(15)13(11)12/h5,9,11-14H,6-8H2,1-4H3/t11?,12-,13-,14?,15+/m0/s1. The van der Waals surface area contributed by atoms with Crippen molar-refractivity contribution in [2.45, 2.75) is 47.0 Å². The molecule has 4 bridgehead atoms. The van der Waals surface area contributed by atoms with Crippen LogP contribution >= 0.6 is 0 Å². The second-order valence-corrected chi connectivity index (χ2v) is 6.80. The Bertz CT molecular complexity index is 312. The van der Waals surface area contributed by atoms with E-state index in [1.54, 1.807) is 5.57 Å². The SMILES string of the molecule is CC1=CC[C@H]2[C@@H]3C(C(C)C)CC[C@@]2(C)C13. The van der Waals surface area contributed by atoms with E-state index in [4.69, 9.17) is 0 Å². The summed E-state index contributed by atoms with van der Waals surface area (Å²) in [6.07, 6.45) is 6.90. The zero-order chi connectivity index (χ0) is 10.8. The fourth-order valence-electron chi connectivity index (χ4n) is 5.25.